The Bertz CT molecular complexity index is 396. The molecule has 0 heterocycles. The van der Waals surface area contributed by atoms with Gasteiger partial charge in [0.1, 0.15) is 0 Å². The Morgan fingerprint density at radius 3 is 2.35 bits per heavy atom. The largest absolute Gasteiger partial charge is 0.293 e. The second-order valence-corrected chi connectivity index (χ2v) is 5.37. The zero-order valence-corrected chi connectivity index (χ0v) is 10.8. The minimum Gasteiger partial charge on any atom is -0.293 e. The highest BCUT2D eigenvalue weighted by Gasteiger charge is 2.42. The molecule has 3 nitrogen and oxygen atoms in total. The summed E-state index contributed by atoms with van der Waals surface area (Å²) < 4.78 is 0. The van der Waals surface area contributed by atoms with E-state index in [1.54, 1.807) is 11.8 Å². The number of hydrazine groups is 1. The van der Waals surface area contributed by atoms with Crippen LogP contribution in [0.25, 0.3) is 0 Å². The van der Waals surface area contributed by atoms with E-state index >= 15 is 0 Å². The van der Waals surface area contributed by atoms with Crippen LogP contribution in [-0.4, -0.2) is 12.2 Å². The number of nitrogens with two attached hydrogens (primary N) is 1. The molecule has 92 valence electrons. The molecule has 1 aromatic rings. The van der Waals surface area contributed by atoms with Crippen LogP contribution in [0.4, 0.5) is 0 Å². The highest BCUT2D eigenvalue weighted by atomic mass is 32.2. The van der Waals surface area contributed by atoms with Crippen molar-refractivity contribution in [2.75, 3.05) is 6.26 Å². The Morgan fingerprint density at radius 2 is 1.88 bits per heavy atom. The summed E-state index contributed by atoms with van der Waals surface area (Å²) in [4.78, 5) is 13.3. The van der Waals surface area contributed by atoms with Gasteiger partial charge in [0.2, 0.25) is 5.91 Å². The van der Waals surface area contributed by atoms with E-state index in [1.807, 2.05) is 6.26 Å². The molecule has 0 aliphatic heterocycles. The molecule has 1 aliphatic rings. The first-order chi connectivity index (χ1) is 8.23. The fourth-order valence-electron chi connectivity index (χ4n) is 2.67. The number of carbonyl (C=O) groups excluding carboxylic acids is 1. The molecule has 4 heteroatoms. The standard InChI is InChI=1S/C13H18N2OS/c1-17-11-6-4-10(5-7-11)13(12(16)15-14)8-2-3-9-13/h4-7H,2-3,8-9,14H2,1H3,(H,15,16). The van der Waals surface area contributed by atoms with E-state index in [-0.39, 0.29) is 5.91 Å². The van der Waals surface area contributed by atoms with Crippen LogP contribution in [0.15, 0.2) is 29.2 Å². The minimum absolute atomic E-state index is 0.0492. The van der Waals surface area contributed by atoms with Crippen molar-refractivity contribution in [1.29, 1.82) is 0 Å². The van der Waals surface area contributed by atoms with Gasteiger partial charge in [-0.25, -0.2) is 5.84 Å². The molecule has 1 aromatic carbocycles. The SMILES string of the molecule is CSc1ccc(C2(C(=O)NN)CCCC2)cc1. The molecule has 1 saturated carbocycles. The van der Waals surface area contributed by atoms with Crippen LogP contribution in [0.5, 0.6) is 0 Å². The van der Waals surface area contributed by atoms with Crippen LogP contribution in [0.3, 0.4) is 0 Å². The fourth-order valence-corrected chi connectivity index (χ4v) is 3.08. The predicted molar refractivity (Wildman–Crippen MR) is 70.7 cm³/mol. The smallest absolute Gasteiger partial charge is 0.244 e. The van der Waals surface area contributed by atoms with Gasteiger partial charge in [-0.3, -0.25) is 10.2 Å². The van der Waals surface area contributed by atoms with E-state index in [1.165, 1.54) is 4.90 Å². The van der Waals surface area contributed by atoms with Gasteiger partial charge in [-0.15, -0.1) is 11.8 Å². The monoisotopic (exact) mass is 250 g/mol. The maximum Gasteiger partial charge on any atom is 0.244 e. The summed E-state index contributed by atoms with van der Waals surface area (Å²) in [7, 11) is 0. The van der Waals surface area contributed by atoms with Crippen LogP contribution in [0, 0.1) is 0 Å². The van der Waals surface area contributed by atoms with E-state index in [9.17, 15) is 4.79 Å². The molecule has 17 heavy (non-hydrogen) atoms. The third-order valence-electron chi connectivity index (χ3n) is 3.67. The van der Waals surface area contributed by atoms with E-state index in [4.69, 9.17) is 5.84 Å². The Hall–Kier alpha value is -1.00. The van der Waals surface area contributed by atoms with Gasteiger partial charge < -0.3 is 0 Å². The summed E-state index contributed by atoms with van der Waals surface area (Å²) in [6, 6.07) is 8.27. The summed E-state index contributed by atoms with van der Waals surface area (Å²) in [5.74, 6) is 5.28. The van der Waals surface area contributed by atoms with Gasteiger partial charge in [0.25, 0.3) is 0 Å². The lowest BCUT2D eigenvalue weighted by atomic mass is 9.78. The molecular weight excluding hydrogens is 232 g/mol. The highest BCUT2D eigenvalue weighted by Crippen LogP contribution is 2.41. The molecule has 1 fully saturated rings. The number of hydrogen-bond acceptors (Lipinski definition) is 3. The zero-order valence-electron chi connectivity index (χ0n) is 10.0. The summed E-state index contributed by atoms with van der Waals surface area (Å²) in [6.45, 7) is 0. The van der Waals surface area contributed by atoms with Crippen LogP contribution in [0.2, 0.25) is 0 Å². The van der Waals surface area contributed by atoms with Gasteiger partial charge >= 0.3 is 0 Å². The molecule has 0 atom stereocenters. The molecule has 0 saturated heterocycles. The van der Waals surface area contributed by atoms with Crippen molar-refractivity contribution in [3.05, 3.63) is 29.8 Å². The number of amides is 1. The van der Waals surface area contributed by atoms with Crippen LogP contribution in [0.1, 0.15) is 31.2 Å². The topological polar surface area (TPSA) is 55.1 Å². The van der Waals surface area contributed by atoms with Gasteiger partial charge in [-0.2, -0.15) is 0 Å². The van der Waals surface area contributed by atoms with Crippen molar-refractivity contribution in [3.63, 3.8) is 0 Å². The number of benzene rings is 1. The average Bonchev–Trinajstić information content (AvgIpc) is 2.88. The van der Waals surface area contributed by atoms with Crippen molar-refractivity contribution in [2.45, 2.75) is 36.0 Å². The van der Waals surface area contributed by atoms with Gasteiger partial charge in [0.15, 0.2) is 0 Å². The summed E-state index contributed by atoms with van der Waals surface area (Å²) in [5, 5.41) is 0. The first-order valence-corrected chi connectivity index (χ1v) is 7.11. The first kappa shape index (κ1) is 12.5. The highest BCUT2D eigenvalue weighted by molar-refractivity contribution is 7.98. The molecule has 3 N–H and O–H groups in total. The fraction of sp³-hybridized carbons (Fsp3) is 0.462. The molecular formula is C13H18N2OS. The molecule has 2 rings (SSSR count). The summed E-state index contributed by atoms with van der Waals surface area (Å²) in [6.07, 6.45) is 6.03. The molecule has 1 amide bonds. The predicted octanol–water partition coefficient (Wildman–Crippen LogP) is 2.21. The Morgan fingerprint density at radius 1 is 1.29 bits per heavy atom. The van der Waals surface area contributed by atoms with Gasteiger partial charge in [-0.1, -0.05) is 25.0 Å². The van der Waals surface area contributed by atoms with Crippen molar-refractivity contribution in [1.82, 2.24) is 5.43 Å². The Labute approximate surface area is 106 Å². The van der Waals surface area contributed by atoms with Crippen molar-refractivity contribution in [2.24, 2.45) is 5.84 Å². The van der Waals surface area contributed by atoms with Gasteiger partial charge in [-0.05, 0) is 36.8 Å². The maximum atomic E-state index is 12.0. The van der Waals surface area contributed by atoms with Gasteiger partial charge in [0, 0.05) is 4.90 Å². The van der Waals surface area contributed by atoms with E-state index in [2.05, 4.69) is 29.7 Å². The summed E-state index contributed by atoms with van der Waals surface area (Å²) >= 11 is 1.71. The van der Waals surface area contributed by atoms with Crippen molar-refractivity contribution in [3.8, 4) is 0 Å². The lowest BCUT2D eigenvalue weighted by Crippen LogP contribution is -2.45. The lowest BCUT2D eigenvalue weighted by molar-refractivity contribution is -0.126. The normalized spacial score (nSPS) is 18.0. The molecule has 0 bridgehead atoms. The van der Waals surface area contributed by atoms with Crippen molar-refractivity contribution >= 4 is 17.7 Å². The summed E-state index contributed by atoms with van der Waals surface area (Å²) in [5.41, 5.74) is 3.03. The third kappa shape index (κ3) is 2.19. The number of hydrogen-bond donors (Lipinski definition) is 2. The van der Waals surface area contributed by atoms with Crippen LogP contribution >= 0.6 is 11.8 Å². The molecule has 0 aromatic heterocycles. The van der Waals surface area contributed by atoms with E-state index in [0.29, 0.717) is 0 Å². The second kappa shape index (κ2) is 5.10. The third-order valence-corrected chi connectivity index (χ3v) is 4.41. The maximum absolute atomic E-state index is 12.0. The Kier molecular flexibility index (Phi) is 3.74. The van der Waals surface area contributed by atoms with E-state index < -0.39 is 5.41 Å². The zero-order chi connectivity index (χ0) is 12.3. The quantitative estimate of drug-likeness (QED) is 0.374. The molecule has 0 spiro atoms. The van der Waals surface area contributed by atoms with Gasteiger partial charge in [0.05, 0.1) is 5.41 Å². The van der Waals surface area contributed by atoms with Crippen molar-refractivity contribution < 1.29 is 4.79 Å². The molecule has 0 radical (unpaired) electrons. The van der Waals surface area contributed by atoms with Crippen LogP contribution < -0.4 is 11.3 Å². The molecule has 1 aliphatic carbocycles. The Balaban J connectivity index is 2.35. The van der Waals surface area contributed by atoms with E-state index in [0.717, 1.165) is 31.2 Å². The number of thioether (sulfide) groups is 1. The minimum atomic E-state index is -0.397. The lowest BCUT2D eigenvalue weighted by Gasteiger charge is -2.27. The second-order valence-electron chi connectivity index (χ2n) is 4.49. The average molecular weight is 250 g/mol. The first-order valence-electron chi connectivity index (χ1n) is 5.88. The number of rotatable bonds is 3. The molecule has 0 unspecified atom stereocenters. The number of nitrogens with one attached hydrogen (secondary N) is 1. The number of carbonyl (C=O) groups is 1. The van der Waals surface area contributed by atoms with Crippen LogP contribution in [-0.2, 0) is 10.2 Å².